The van der Waals surface area contributed by atoms with Crippen LogP contribution >= 0.6 is 0 Å². The Balaban J connectivity index is 3.35. The highest BCUT2D eigenvalue weighted by Gasteiger charge is 1.86. The van der Waals surface area contributed by atoms with Crippen LogP contribution in [0.1, 0.15) is 46.0 Å². The van der Waals surface area contributed by atoms with Crippen LogP contribution in [0.3, 0.4) is 0 Å². The molecular formula is C11H20. The molecule has 11 heavy (non-hydrogen) atoms. The maximum Gasteiger partial charge on any atom is -0.0285 e. The summed E-state index contributed by atoms with van der Waals surface area (Å²) in [5.74, 6) is 0. The number of allylic oxidation sites excluding steroid dienone is 3. The van der Waals surface area contributed by atoms with Crippen LogP contribution in [0, 0.1) is 0 Å². The van der Waals surface area contributed by atoms with E-state index in [1.165, 1.54) is 31.3 Å². The van der Waals surface area contributed by atoms with E-state index in [0.717, 1.165) is 6.42 Å². The molecule has 0 aromatic rings. The fourth-order valence-corrected chi connectivity index (χ4v) is 0.904. The molecule has 0 unspecified atom stereocenters. The Morgan fingerprint density at radius 2 is 2.00 bits per heavy atom. The zero-order valence-electron chi connectivity index (χ0n) is 7.90. The van der Waals surface area contributed by atoms with Gasteiger partial charge in [0.05, 0.1) is 0 Å². The average molecular weight is 152 g/mol. The lowest BCUT2D eigenvalue weighted by Gasteiger charge is -1.96. The van der Waals surface area contributed by atoms with Crippen molar-refractivity contribution in [1.82, 2.24) is 0 Å². The van der Waals surface area contributed by atoms with Crippen molar-refractivity contribution in [2.75, 3.05) is 0 Å². The van der Waals surface area contributed by atoms with Gasteiger partial charge in [-0.2, -0.15) is 0 Å². The Hall–Kier alpha value is -0.520. The fraction of sp³-hybridized carbons (Fsp3) is 0.636. The molecular weight excluding hydrogens is 132 g/mol. The van der Waals surface area contributed by atoms with Crippen LogP contribution in [0.5, 0.6) is 0 Å². The van der Waals surface area contributed by atoms with Crippen molar-refractivity contribution in [1.29, 1.82) is 0 Å². The molecule has 0 nitrogen and oxygen atoms in total. The van der Waals surface area contributed by atoms with E-state index in [1.54, 1.807) is 0 Å². The van der Waals surface area contributed by atoms with E-state index in [2.05, 4.69) is 32.6 Å². The first kappa shape index (κ1) is 10.5. The standard InChI is InChI=1S/C11H20/c1-4-6-8-10-11(3)9-7-5-2/h8,10H,3-7,9H2,1-2H3. The molecule has 0 atom stereocenters. The predicted octanol–water partition coefficient (Wildman–Crippen LogP) is 4.09. The minimum atomic E-state index is 1.16. The Kier molecular flexibility index (Phi) is 7.23. The highest BCUT2D eigenvalue weighted by atomic mass is 13.9. The molecule has 0 saturated heterocycles. The number of hydrogen-bond acceptors (Lipinski definition) is 0. The number of rotatable bonds is 6. The summed E-state index contributed by atoms with van der Waals surface area (Å²) >= 11 is 0. The molecule has 0 heteroatoms. The third kappa shape index (κ3) is 7.38. The second-order valence-corrected chi connectivity index (χ2v) is 2.95. The molecule has 0 N–H and O–H groups in total. The summed E-state index contributed by atoms with van der Waals surface area (Å²) in [6, 6.07) is 0. The Bertz CT molecular complexity index is 120. The van der Waals surface area contributed by atoms with Gasteiger partial charge in [0.15, 0.2) is 0 Å². The van der Waals surface area contributed by atoms with Crippen molar-refractivity contribution >= 4 is 0 Å². The van der Waals surface area contributed by atoms with Crippen molar-refractivity contribution in [3.8, 4) is 0 Å². The van der Waals surface area contributed by atoms with Gasteiger partial charge in [0.2, 0.25) is 0 Å². The summed E-state index contributed by atoms with van der Waals surface area (Å²) in [7, 11) is 0. The lowest BCUT2D eigenvalue weighted by molar-refractivity contribution is 0.798. The lowest BCUT2D eigenvalue weighted by atomic mass is 10.1. The predicted molar refractivity (Wildman–Crippen MR) is 52.7 cm³/mol. The Morgan fingerprint density at radius 1 is 1.27 bits per heavy atom. The maximum atomic E-state index is 3.98. The van der Waals surface area contributed by atoms with Crippen LogP contribution in [0.15, 0.2) is 24.3 Å². The lowest BCUT2D eigenvalue weighted by Crippen LogP contribution is -1.76. The monoisotopic (exact) mass is 152 g/mol. The molecule has 0 aliphatic carbocycles. The summed E-state index contributed by atoms with van der Waals surface area (Å²) in [4.78, 5) is 0. The van der Waals surface area contributed by atoms with Gasteiger partial charge >= 0.3 is 0 Å². The van der Waals surface area contributed by atoms with Gasteiger partial charge in [0.25, 0.3) is 0 Å². The summed E-state index contributed by atoms with van der Waals surface area (Å²) in [5, 5.41) is 0. The van der Waals surface area contributed by atoms with Crippen LogP contribution in [0.25, 0.3) is 0 Å². The van der Waals surface area contributed by atoms with Crippen molar-refractivity contribution in [3.05, 3.63) is 24.3 Å². The van der Waals surface area contributed by atoms with Gasteiger partial charge < -0.3 is 0 Å². The minimum Gasteiger partial charge on any atom is -0.0958 e. The average Bonchev–Trinajstić information content (AvgIpc) is 2.01. The molecule has 0 aliphatic heterocycles. The zero-order valence-corrected chi connectivity index (χ0v) is 7.90. The molecule has 0 heterocycles. The zero-order chi connectivity index (χ0) is 8.53. The van der Waals surface area contributed by atoms with E-state index in [9.17, 15) is 0 Å². The van der Waals surface area contributed by atoms with Crippen LogP contribution in [-0.4, -0.2) is 0 Å². The van der Waals surface area contributed by atoms with Crippen LogP contribution in [0.2, 0.25) is 0 Å². The first-order valence-electron chi connectivity index (χ1n) is 4.65. The van der Waals surface area contributed by atoms with E-state index in [1.807, 2.05) is 0 Å². The van der Waals surface area contributed by atoms with Crippen molar-refractivity contribution in [2.24, 2.45) is 0 Å². The quantitative estimate of drug-likeness (QED) is 0.503. The topological polar surface area (TPSA) is 0 Å². The van der Waals surface area contributed by atoms with Crippen LogP contribution in [-0.2, 0) is 0 Å². The SMILES string of the molecule is C=C(C=CCCC)CCCC. The Morgan fingerprint density at radius 3 is 2.55 bits per heavy atom. The smallest absolute Gasteiger partial charge is 0.0285 e. The van der Waals surface area contributed by atoms with E-state index >= 15 is 0 Å². The first-order chi connectivity index (χ1) is 5.31. The highest BCUT2D eigenvalue weighted by Crippen LogP contribution is 2.06. The molecule has 0 rings (SSSR count). The fourth-order valence-electron chi connectivity index (χ4n) is 0.904. The van der Waals surface area contributed by atoms with Gasteiger partial charge in [-0.1, -0.05) is 51.0 Å². The largest absolute Gasteiger partial charge is 0.0958 e. The number of hydrogen-bond donors (Lipinski definition) is 0. The molecule has 0 fully saturated rings. The minimum absolute atomic E-state index is 1.16. The molecule has 0 amide bonds. The van der Waals surface area contributed by atoms with Gasteiger partial charge in [0, 0.05) is 0 Å². The van der Waals surface area contributed by atoms with Crippen molar-refractivity contribution in [3.63, 3.8) is 0 Å². The molecule has 0 aromatic carbocycles. The molecule has 64 valence electrons. The third-order valence-electron chi connectivity index (χ3n) is 1.66. The summed E-state index contributed by atoms with van der Waals surface area (Å²) < 4.78 is 0. The van der Waals surface area contributed by atoms with Crippen LogP contribution < -0.4 is 0 Å². The molecule has 0 saturated carbocycles. The highest BCUT2D eigenvalue weighted by molar-refractivity contribution is 5.13. The second kappa shape index (κ2) is 7.59. The van der Waals surface area contributed by atoms with E-state index in [0.29, 0.717) is 0 Å². The van der Waals surface area contributed by atoms with E-state index in [4.69, 9.17) is 0 Å². The van der Waals surface area contributed by atoms with E-state index in [-0.39, 0.29) is 0 Å². The molecule has 0 aliphatic rings. The number of unbranched alkanes of at least 4 members (excludes halogenated alkanes) is 2. The Labute approximate surface area is 71.0 Å². The summed E-state index contributed by atoms with van der Waals surface area (Å²) in [5.41, 5.74) is 1.28. The second-order valence-electron chi connectivity index (χ2n) is 2.95. The normalized spacial score (nSPS) is 10.7. The first-order valence-corrected chi connectivity index (χ1v) is 4.65. The maximum absolute atomic E-state index is 3.98. The molecule has 0 bridgehead atoms. The van der Waals surface area contributed by atoms with Gasteiger partial charge in [-0.3, -0.25) is 0 Å². The van der Waals surface area contributed by atoms with Crippen molar-refractivity contribution < 1.29 is 0 Å². The van der Waals surface area contributed by atoms with Gasteiger partial charge in [-0.25, -0.2) is 0 Å². The summed E-state index contributed by atoms with van der Waals surface area (Å²) in [6.07, 6.45) is 10.5. The molecule has 0 radical (unpaired) electrons. The van der Waals surface area contributed by atoms with Gasteiger partial charge in [-0.05, 0) is 19.3 Å². The van der Waals surface area contributed by atoms with Gasteiger partial charge in [-0.15, -0.1) is 0 Å². The van der Waals surface area contributed by atoms with Gasteiger partial charge in [0.1, 0.15) is 0 Å². The molecule has 0 aromatic heterocycles. The molecule has 0 spiro atoms. The van der Waals surface area contributed by atoms with E-state index < -0.39 is 0 Å². The third-order valence-corrected chi connectivity index (χ3v) is 1.66. The summed E-state index contributed by atoms with van der Waals surface area (Å²) in [6.45, 7) is 8.38. The van der Waals surface area contributed by atoms with Crippen molar-refractivity contribution in [2.45, 2.75) is 46.0 Å². The van der Waals surface area contributed by atoms with Crippen LogP contribution in [0.4, 0.5) is 0 Å².